The van der Waals surface area contributed by atoms with Gasteiger partial charge in [-0.1, -0.05) is 39.2 Å². The molecule has 1 N–H and O–H groups in total. The van der Waals surface area contributed by atoms with Crippen LogP contribution in [0.1, 0.15) is 39.5 Å². The average Bonchev–Trinajstić information content (AvgIpc) is 2.03. The highest BCUT2D eigenvalue weighted by molar-refractivity contribution is 5.71. The van der Waals surface area contributed by atoms with E-state index < -0.39 is 5.97 Å². The first-order chi connectivity index (χ1) is 6.07. The van der Waals surface area contributed by atoms with Crippen LogP contribution >= 0.6 is 0 Å². The van der Waals surface area contributed by atoms with Crippen molar-refractivity contribution in [3.05, 3.63) is 12.7 Å². The van der Waals surface area contributed by atoms with Crippen LogP contribution in [0, 0.1) is 11.8 Å². The highest BCUT2D eigenvalue weighted by Crippen LogP contribution is 2.13. The Bertz CT molecular complexity index is 161. The molecule has 0 aliphatic rings. The number of hydrogen-bond donors (Lipinski definition) is 1. The quantitative estimate of drug-likeness (QED) is 0.487. The summed E-state index contributed by atoms with van der Waals surface area (Å²) in [6.07, 6.45) is 5.54. The molecule has 0 saturated carbocycles. The Labute approximate surface area is 80.7 Å². The van der Waals surface area contributed by atoms with Gasteiger partial charge in [0.15, 0.2) is 0 Å². The van der Waals surface area contributed by atoms with Gasteiger partial charge in [-0.2, -0.15) is 0 Å². The van der Waals surface area contributed by atoms with E-state index in [2.05, 4.69) is 20.4 Å². The van der Waals surface area contributed by atoms with Gasteiger partial charge < -0.3 is 5.11 Å². The molecule has 1 unspecified atom stereocenters. The number of rotatable bonds is 7. The van der Waals surface area contributed by atoms with E-state index in [1.165, 1.54) is 12.5 Å². The number of carboxylic acid groups (broad SMARTS) is 1. The van der Waals surface area contributed by atoms with Crippen molar-refractivity contribution in [2.45, 2.75) is 39.5 Å². The van der Waals surface area contributed by atoms with E-state index >= 15 is 0 Å². The predicted octanol–water partition coefficient (Wildman–Crippen LogP) is 3.09. The van der Waals surface area contributed by atoms with Crippen LogP contribution in [0.25, 0.3) is 0 Å². The SMILES string of the molecule is C=CC(CCCCC(C)C)C(=O)O. The van der Waals surface area contributed by atoms with Crippen molar-refractivity contribution in [3.63, 3.8) is 0 Å². The smallest absolute Gasteiger partial charge is 0.310 e. The maximum atomic E-state index is 10.6. The van der Waals surface area contributed by atoms with E-state index in [1.54, 1.807) is 0 Å². The molecule has 0 bridgehead atoms. The van der Waals surface area contributed by atoms with Crippen LogP contribution in [-0.2, 0) is 4.79 Å². The maximum Gasteiger partial charge on any atom is 0.310 e. The molecule has 0 aromatic rings. The normalized spacial score (nSPS) is 12.8. The van der Waals surface area contributed by atoms with Gasteiger partial charge in [0.2, 0.25) is 0 Å². The van der Waals surface area contributed by atoms with E-state index in [1.807, 2.05) is 0 Å². The van der Waals surface area contributed by atoms with Gasteiger partial charge in [0, 0.05) is 0 Å². The van der Waals surface area contributed by atoms with E-state index in [-0.39, 0.29) is 5.92 Å². The molecule has 0 amide bonds. The highest BCUT2D eigenvalue weighted by Gasteiger charge is 2.11. The minimum Gasteiger partial charge on any atom is -0.481 e. The lowest BCUT2D eigenvalue weighted by Gasteiger charge is -2.07. The highest BCUT2D eigenvalue weighted by atomic mass is 16.4. The average molecular weight is 184 g/mol. The summed E-state index contributed by atoms with van der Waals surface area (Å²) in [5.41, 5.74) is 0. The van der Waals surface area contributed by atoms with E-state index in [4.69, 9.17) is 5.11 Å². The zero-order valence-electron chi connectivity index (χ0n) is 8.62. The molecule has 0 saturated heterocycles. The molecule has 0 rings (SSSR count). The third kappa shape index (κ3) is 6.38. The van der Waals surface area contributed by atoms with Gasteiger partial charge in [-0.3, -0.25) is 4.79 Å². The minimum atomic E-state index is -0.750. The van der Waals surface area contributed by atoms with Crippen LogP contribution in [0.3, 0.4) is 0 Å². The van der Waals surface area contributed by atoms with Gasteiger partial charge in [-0.15, -0.1) is 6.58 Å². The van der Waals surface area contributed by atoms with Gasteiger partial charge in [-0.25, -0.2) is 0 Å². The second-order valence-electron chi connectivity index (χ2n) is 3.86. The summed E-state index contributed by atoms with van der Waals surface area (Å²) in [4.78, 5) is 10.6. The molecule has 0 aliphatic carbocycles. The van der Waals surface area contributed by atoms with Crippen molar-refractivity contribution in [2.24, 2.45) is 11.8 Å². The monoisotopic (exact) mass is 184 g/mol. The number of unbranched alkanes of at least 4 members (excludes halogenated alkanes) is 1. The Balaban J connectivity index is 3.50. The lowest BCUT2D eigenvalue weighted by molar-refractivity contribution is -0.140. The third-order valence-corrected chi connectivity index (χ3v) is 2.15. The zero-order valence-corrected chi connectivity index (χ0v) is 8.62. The summed E-state index contributed by atoms with van der Waals surface area (Å²) in [5, 5.41) is 8.71. The minimum absolute atomic E-state index is 0.354. The fourth-order valence-electron chi connectivity index (χ4n) is 1.26. The first kappa shape index (κ1) is 12.2. The summed E-state index contributed by atoms with van der Waals surface area (Å²) >= 11 is 0. The summed E-state index contributed by atoms with van der Waals surface area (Å²) in [5.74, 6) is -0.390. The fourth-order valence-corrected chi connectivity index (χ4v) is 1.26. The maximum absolute atomic E-state index is 10.6. The third-order valence-electron chi connectivity index (χ3n) is 2.15. The molecule has 1 atom stereocenters. The van der Waals surface area contributed by atoms with Crippen molar-refractivity contribution in [1.82, 2.24) is 0 Å². The van der Waals surface area contributed by atoms with Gasteiger partial charge >= 0.3 is 5.97 Å². The molecular formula is C11H20O2. The van der Waals surface area contributed by atoms with Crippen molar-refractivity contribution in [2.75, 3.05) is 0 Å². The molecule has 76 valence electrons. The molecule has 2 nitrogen and oxygen atoms in total. The Morgan fingerprint density at radius 1 is 1.38 bits per heavy atom. The lowest BCUT2D eigenvalue weighted by atomic mass is 9.99. The number of aliphatic carboxylic acids is 1. The molecule has 13 heavy (non-hydrogen) atoms. The molecular weight excluding hydrogens is 164 g/mol. The standard InChI is InChI=1S/C11H20O2/c1-4-10(11(12)13)8-6-5-7-9(2)3/h4,9-10H,1,5-8H2,2-3H3,(H,12,13). The van der Waals surface area contributed by atoms with Crippen LogP contribution in [0.15, 0.2) is 12.7 Å². The van der Waals surface area contributed by atoms with Crippen molar-refractivity contribution >= 4 is 5.97 Å². The summed E-state index contributed by atoms with van der Waals surface area (Å²) in [7, 11) is 0. The van der Waals surface area contributed by atoms with Crippen molar-refractivity contribution in [3.8, 4) is 0 Å². The summed E-state index contributed by atoms with van der Waals surface area (Å²) < 4.78 is 0. The number of carbonyl (C=O) groups is 1. The van der Waals surface area contributed by atoms with Crippen LogP contribution in [0.4, 0.5) is 0 Å². The fraction of sp³-hybridized carbons (Fsp3) is 0.727. The van der Waals surface area contributed by atoms with Crippen LogP contribution in [0.5, 0.6) is 0 Å². The molecule has 0 spiro atoms. The second kappa shape index (κ2) is 6.70. The molecule has 0 aliphatic heterocycles. The Hall–Kier alpha value is -0.790. The van der Waals surface area contributed by atoms with E-state index in [0.29, 0.717) is 5.92 Å². The Morgan fingerprint density at radius 3 is 2.31 bits per heavy atom. The van der Waals surface area contributed by atoms with Gasteiger partial charge in [0.1, 0.15) is 0 Å². The van der Waals surface area contributed by atoms with Crippen LogP contribution in [0.2, 0.25) is 0 Å². The van der Waals surface area contributed by atoms with E-state index in [9.17, 15) is 4.79 Å². The second-order valence-corrected chi connectivity index (χ2v) is 3.86. The first-order valence-electron chi connectivity index (χ1n) is 4.93. The summed E-state index contributed by atoms with van der Waals surface area (Å²) in [6.45, 7) is 7.88. The molecule has 0 heterocycles. The number of hydrogen-bond acceptors (Lipinski definition) is 1. The van der Waals surface area contributed by atoms with Crippen molar-refractivity contribution < 1.29 is 9.90 Å². The van der Waals surface area contributed by atoms with Crippen molar-refractivity contribution in [1.29, 1.82) is 0 Å². The lowest BCUT2D eigenvalue weighted by Crippen LogP contribution is -2.10. The molecule has 2 heteroatoms. The Kier molecular flexibility index (Phi) is 6.29. The first-order valence-corrected chi connectivity index (χ1v) is 4.93. The van der Waals surface area contributed by atoms with Gasteiger partial charge in [0.25, 0.3) is 0 Å². The molecule has 0 aromatic carbocycles. The number of carboxylic acids is 1. The van der Waals surface area contributed by atoms with Gasteiger partial charge in [0.05, 0.1) is 5.92 Å². The molecule has 0 aromatic heterocycles. The van der Waals surface area contributed by atoms with E-state index in [0.717, 1.165) is 19.3 Å². The van der Waals surface area contributed by atoms with Crippen LogP contribution < -0.4 is 0 Å². The predicted molar refractivity (Wildman–Crippen MR) is 54.6 cm³/mol. The van der Waals surface area contributed by atoms with Gasteiger partial charge in [-0.05, 0) is 12.3 Å². The molecule has 0 radical (unpaired) electrons. The molecule has 0 fully saturated rings. The Morgan fingerprint density at radius 2 is 1.92 bits per heavy atom. The van der Waals surface area contributed by atoms with Crippen LogP contribution in [-0.4, -0.2) is 11.1 Å². The summed E-state index contributed by atoms with van der Waals surface area (Å²) in [6, 6.07) is 0. The zero-order chi connectivity index (χ0) is 10.3. The topological polar surface area (TPSA) is 37.3 Å². The largest absolute Gasteiger partial charge is 0.481 e.